The highest BCUT2D eigenvalue weighted by Crippen LogP contribution is 2.34. The molecular formula is C16H18F3N3O2S. The van der Waals surface area contributed by atoms with Crippen LogP contribution < -0.4 is 0 Å². The average Bonchev–Trinajstić information content (AvgIpc) is 3.00. The second-order valence-electron chi connectivity index (χ2n) is 6.29. The Kier molecular flexibility index (Phi) is 4.61. The molecule has 1 aliphatic carbocycles. The van der Waals surface area contributed by atoms with Crippen LogP contribution in [0.5, 0.6) is 0 Å². The fourth-order valence-corrected chi connectivity index (χ4v) is 3.70. The largest absolute Gasteiger partial charge is 0.453 e. The van der Waals surface area contributed by atoms with E-state index in [4.69, 9.17) is 0 Å². The van der Waals surface area contributed by atoms with Crippen molar-refractivity contribution in [3.63, 3.8) is 0 Å². The van der Waals surface area contributed by atoms with Crippen molar-refractivity contribution in [1.82, 2.24) is 14.8 Å². The molecule has 1 heterocycles. The summed E-state index contributed by atoms with van der Waals surface area (Å²) in [6.45, 7) is 0. The summed E-state index contributed by atoms with van der Waals surface area (Å²) in [5, 5.41) is 3.72. The quantitative estimate of drug-likeness (QED) is 0.819. The number of halogens is 3. The van der Waals surface area contributed by atoms with Crippen molar-refractivity contribution in [1.29, 1.82) is 0 Å². The number of alkyl halides is 3. The molecule has 0 bridgehead atoms. The first kappa shape index (κ1) is 17.9. The molecule has 136 valence electrons. The number of nitrogens with zero attached hydrogens (tertiary/aromatic N) is 3. The molecule has 0 unspecified atom stereocenters. The smallest absolute Gasteiger partial charge is 0.242 e. The van der Waals surface area contributed by atoms with Gasteiger partial charge in [0.25, 0.3) is 5.82 Å². The van der Waals surface area contributed by atoms with E-state index in [1.54, 1.807) is 0 Å². The van der Waals surface area contributed by atoms with Crippen LogP contribution in [0.4, 0.5) is 13.2 Å². The molecule has 0 radical (unpaired) electrons. The van der Waals surface area contributed by atoms with Gasteiger partial charge in [-0.3, -0.25) is 0 Å². The molecule has 2 aromatic rings. The Bertz CT molecular complexity index is 852. The summed E-state index contributed by atoms with van der Waals surface area (Å²) in [6.07, 6.45) is 0.923. The molecule has 0 atom stereocenters. The lowest BCUT2D eigenvalue weighted by molar-refractivity contribution is -0.145. The normalized spacial score (nSPS) is 17.0. The molecule has 0 spiro atoms. The van der Waals surface area contributed by atoms with Gasteiger partial charge < -0.3 is 0 Å². The summed E-state index contributed by atoms with van der Waals surface area (Å²) in [7, 11) is -3.37. The minimum atomic E-state index is -4.62. The highest BCUT2D eigenvalue weighted by molar-refractivity contribution is 7.90. The molecular weight excluding hydrogens is 355 g/mol. The lowest BCUT2D eigenvalue weighted by Gasteiger charge is -2.23. The van der Waals surface area contributed by atoms with Gasteiger partial charge in [-0.05, 0) is 37.1 Å². The predicted molar refractivity (Wildman–Crippen MR) is 85.7 cm³/mol. The van der Waals surface area contributed by atoms with Gasteiger partial charge in [-0.2, -0.15) is 13.2 Å². The lowest BCUT2D eigenvalue weighted by atomic mass is 9.95. The topological polar surface area (TPSA) is 64.8 Å². The number of sulfone groups is 1. The van der Waals surface area contributed by atoms with Crippen molar-refractivity contribution in [2.24, 2.45) is 0 Å². The van der Waals surface area contributed by atoms with E-state index in [1.807, 2.05) is 0 Å². The van der Waals surface area contributed by atoms with Gasteiger partial charge in [0.1, 0.15) is 0 Å². The Morgan fingerprint density at radius 2 is 1.68 bits per heavy atom. The third kappa shape index (κ3) is 3.86. The molecule has 0 saturated heterocycles. The van der Waals surface area contributed by atoms with Gasteiger partial charge in [0.05, 0.1) is 10.9 Å². The van der Waals surface area contributed by atoms with Crippen LogP contribution in [0.1, 0.15) is 44.0 Å². The molecule has 0 aliphatic heterocycles. The van der Waals surface area contributed by atoms with Gasteiger partial charge in [0.15, 0.2) is 15.7 Å². The van der Waals surface area contributed by atoms with Crippen LogP contribution in [-0.4, -0.2) is 29.4 Å². The maximum Gasteiger partial charge on any atom is 0.453 e. The highest BCUT2D eigenvalue weighted by Gasteiger charge is 2.38. The second kappa shape index (κ2) is 6.44. The van der Waals surface area contributed by atoms with Crippen molar-refractivity contribution in [2.75, 3.05) is 6.26 Å². The molecule has 9 heteroatoms. The first-order chi connectivity index (χ1) is 11.7. The van der Waals surface area contributed by atoms with Crippen molar-refractivity contribution < 1.29 is 21.6 Å². The van der Waals surface area contributed by atoms with Crippen molar-refractivity contribution in [3.05, 3.63) is 30.1 Å². The number of hydrogen-bond acceptors (Lipinski definition) is 4. The van der Waals surface area contributed by atoms with Crippen LogP contribution >= 0.6 is 0 Å². The zero-order chi connectivity index (χ0) is 18.2. The van der Waals surface area contributed by atoms with Crippen molar-refractivity contribution in [2.45, 2.75) is 49.2 Å². The lowest BCUT2D eigenvalue weighted by Crippen LogP contribution is -2.16. The summed E-state index contributed by atoms with van der Waals surface area (Å²) in [5.41, 5.74) is 0.418. The Hall–Kier alpha value is -1.90. The molecule has 0 N–H and O–H groups in total. The van der Waals surface area contributed by atoms with Crippen molar-refractivity contribution >= 4 is 9.84 Å². The van der Waals surface area contributed by atoms with Gasteiger partial charge in [-0.25, -0.2) is 18.1 Å². The SMILES string of the molecule is CS(=O)(=O)c1ccc(-c2nc(C(F)(F)F)nn2C2CCCCC2)cc1. The summed E-state index contributed by atoms with van der Waals surface area (Å²) in [4.78, 5) is 3.80. The van der Waals surface area contributed by atoms with Gasteiger partial charge in [0.2, 0.25) is 0 Å². The average molecular weight is 373 g/mol. The molecule has 1 fully saturated rings. The monoisotopic (exact) mass is 373 g/mol. The summed E-state index contributed by atoms with van der Waals surface area (Å²) in [5.74, 6) is -1.04. The maximum atomic E-state index is 13.1. The molecule has 3 rings (SSSR count). The van der Waals surface area contributed by atoms with E-state index in [1.165, 1.54) is 28.9 Å². The van der Waals surface area contributed by atoms with Gasteiger partial charge in [-0.1, -0.05) is 19.3 Å². The van der Waals surface area contributed by atoms with E-state index in [0.717, 1.165) is 38.4 Å². The van der Waals surface area contributed by atoms with Crippen LogP contribution in [0.2, 0.25) is 0 Å². The van der Waals surface area contributed by atoms with Crippen LogP contribution in [0.25, 0.3) is 11.4 Å². The molecule has 1 saturated carbocycles. The van der Waals surface area contributed by atoms with Gasteiger partial charge >= 0.3 is 6.18 Å². The first-order valence-electron chi connectivity index (χ1n) is 8.00. The molecule has 1 aliphatic rings. The molecule has 1 aromatic carbocycles. The third-order valence-corrected chi connectivity index (χ3v) is 5.47. The highest BCUT2D eigenvalue weighted by atomic mass is 32.2. The summed E-state index contributed by atoms with van der Waals surface area (Å²) in [6, 6.07) is 5.57. The maximum absolute atomic E-state index is 13.1. The summed E-state index contributed by atoms with van der Waals surface area (Å²) >= 11 is 0. The van der Waals surface area contributed by atoms with Crippen LogP contribution in [0, 0.1) is 0 Å². The predicted octanol–water partition coefficient (Wildman–Crippen LogP) is 3.87. The minimum Gasteiger partial charge on any atom is -0.242 e. The molecule has 1 aromatic heterocycles. The fourth-order valence-electron chi connectivity index (χ4n) is 3.07. The summed E-state index contributed by atoms with van der Waals surface area (Å²) < 4.78 is 63.7. The fraction of sp³-hybridized carbons (Fsp3) is 0.500. The molecule has 0 amide bonds. The van der Waals surface area contributed by atoms with Crippen LogP contribution in [-0.2, 0) is 16.0 Å². The van der Waals surface area contributed by atoms with E-state index < -0.39 is 21.8 Å². The third-order valence-electron chi connectivity index (χ3n) is 4.35. The van der Waals surface area contributed by atoms with E-state index in [0.29, 0.717) is 5.56 Å². The Labute approximate surface area is 143 Å². The number of hydrogen-bond donors (Lipinski definition) is 0. The first-order valence-corrected chi connectivity index (χ1v) is 9.89. The minimum absolute atomic E-state index is 0.107. The van der Waals surface area contributed by atoms with Crippen LogP contribution in [0.3, 0.4) is 0 Å². The molecule has 5 nitrogen and oxygen atoms in total. The van der Waals surface area contributed by atoms with E-state index in [2.05, 4.69) is 10.1 Å². The molecule has 25 heavy (non-hydrogen) atoms. The van der Waals surface area contributed by atoms with Gasteiger partial charge in [-0.15, -0.1) is 5.10 Å². The number of aromatic nitrogens is 3. The second-order valence-corrected chi connectivity index (χ2v) is 8.31. The van der Waals surface area contributed by atoms with E-state index >= 15 is 0 Å². The zero-order valence-corrected chi connectivity index (χ0v) is 14.4. The Morgan fingerprint density at radius 3 is 2.20 bits per heavy atom. The number of benzene rings is 1. The van der Waals surface area contributed by atoms with E-state index in [9.17, 15) is 21.6 Å². The van der Waals surface area contributed by atoms with Crippen molar-refractivity contribution in [3.8, 4) is 11.4 Å². The van der Waals surface area contributed by atoms with Crippen LogP contribution in [0.15, 0.2) is 29.2 Å². The van der Waals surface area contributed by atoms with E-state index in [-0.39, 0.29) is 16.8 Å². The number of rotatable bonds is 3. The van der Waals surface area contributed by atoms with Gasteiger partial charge in [0, 0.05) is 11.8 Å². The zero-order valence-electron chi connectivity index (χ0n) is 13.6. The Balaban J connectivity index is 2.05. The Morgan fingerprint density at radius 1 is 1.08 bits per heavy atom. The standard InChI is InChI=1S/C16H18F3N3O2S/c1-25(23,24)13-9-7-11(8-10-13)14-20-15(16(17,18)19)21-22(14)12-5-3-2-4-6-12/h7-10,12H,2-6H2,1H3.